The maximum atomic E-state index is 13.2. The molecule has 0 atom stereocenters. The fourth-order valence-electron chi connectivity index (χ4n) is 3.13. The van der Waals surface area contributed by atoms with E-state index >= 15 is 0 Å². The Kier molecular flexibility index (Phi) is 6.45. The predicted octanol–water partition coefficient (Wildman–Crippen LogP) is 4.79. The van der Waals surface area contributed by atoms with Crippen molar-refractivity contribution in [1.29, 1.82) is 0 Å². The summed E-state index contributed by atoms with van der Waals surface area (Å²) in [5.74, 6) is -0.675. The van der Waals surface area contributed by atoms with Crippen molar-refractivity contribution in [2.75, 3.05) is 6.54 Å². The molecule has 0 spiro atoms. The number of rotatable bonds is 6. The lowest BCUT2D eigenvalue weighted by atomic mass is 10.1. The number of phenols is 1. The quantitative estimate of drug-likeness (QED) is 0.558. The highest BCUT2D eigenvalue weighted by Gasteiger charge is 2.22. The van der Waals surface area contributed by atoms with Crippen LogP contribution in [0.1, 0.15) is 53.3 Å². The van der Waals surface area contributed by atoms with Crippen LogP contribution in [0.5, 0.6) is 5.75 Å². The zero-order valence-electron chi connectivity index (χ0n) is 18.0. The molecule has 0 saturated carbocycles. The second kappa shape index (κ2) is 8.89. The van der Waals surface area contributed by atoms with E-state index in [2.05, 4.69) is 0 Å². The topological polar surface area (TPSA) is 83.9 Å². The number of carbonyl (C=O) groups is 3. The van der Waals surface area contributed by atoms with Gasteiger partial charge in [-0.1, -0.05) is 12.1 Å². The highest BCUT2D eigenvalue weighted by molar-refractivity contribution is 7.12. The Labute approximate surface area is 185 Å². The average molecular weight is 440 g/mol. The summed E-state index contributed by atoms with van der Waals surface area (Å²) in [5.41, 5.74) is 0.610. The number of aromatic hydroxyl groups is 1. The van der Waals surface area contributed by atoms with E-state index in [0.717, 1.165) is 16.3 Å². The second-order valence-corrected chi connectivity index (χ2v) is 9.34. The summed E-state index contributed by atoms with van der Waals surface area (Å²) in [7, 11) is 0. The van der Waals surface area contributed by atoms with Crippen molar-refractivity contribution in [3.8, 4) is 5.75 Å². The van der Waals surface area contributed by atoms with E-state index in [1.165, 1.54) is 23.2 Å². The number of ether oxygens (including phenoxy) is 1. The summed E-state index contributed by atoms with van der Waals surface area (Å²) < 4.78 is 5.39. The Balaban J connectivity index is 1.82. The molecule has 1 aromatic heterocycles. The Morgan fingerprint density at radius 2 is 1.71 bits per heavy atom. The van der Waals surface area contributed by atoms with Crippen LogP contribution < -0.4 is 0 Å². The molecule has 0 aliphatic carbocycles. The van der Waals surface area contributed by atoms with Gasteiger partial charge in [0.1, 0.15) is 22.0 Å². The minimum atomic E-state index is -0.593. The van der Waals surface area contributed by atoms with E-state index in [1.54, 1.807) is 68.6 Å². The van der Waals surface area contributed by atoms with Gasteiger partial charge in [-0.2, -0.15) is 0 Å². The Morgan fingerprint density at radius 3 is 2.39 bits per heavy atom. The number of fused-ring (bicyclic) bond motifs is 1. The van der Waals surface area contributed by atoms with Gasteiger partial charge in [0.2, 0.25) is 0 Å². The number of carbonyl (C=O) groups excluding carboxylic acids is 3. The minimum Gasteiger partial charge on any atom is -0.508 e. The third kappa shape index (κ3) is 5.92. The normalized spacial score (nSPS) is 11.4. The van der Waals surface area contributed by atoms with Crippen molar-refractivity contribution < 1.29 is 24.2 Å². The smallest absolute Gasteiger partial charge is 0.348 e. The first kappa shape index (κ1) is 22.5. The maximum absolute atomic E-state index is 13.2. The number of hydrogen-bond donors (Lipinski definition) is 1. The van der Waals surface area contributed by atoms with Gasteiger partial charge in [0.15, 0.2) is 0 Å². The number of Topliss-reactive ketones (excluding diaryl/α,β-unsaturated/α-hetero) is 1. The molecule has 31 heavy (non-hydrogen) atoms. The van der Waals surface area contributed by atoms with Crippen LogP contribution in [0.25, 0.3) is 10.8 Å². The van der Waals surface area contributed by atoms with Gasteiger partial charge in [0.25, 0.3) is 5.91 Å². The maximum Gasteiger partial charge on any atom is 0.348 e. The van der Waals surface area contributed by atoms with Crippen LogP contribution in [0.2, 0.25) is 0 Å². The molecule has 2 aromatic carbocycles. The number of amides is 1. The van der Waals surface area contributed by atoms with E-state index < -0.39 is 11.6 Å². The van der Waals surface area contributed by atoms with Gasteiger partial charge in [-0.3, -0.25) is 9.59 Å². The van der Waals surface area contributed by atoms with Gasteiger partial charge in [0.05, 0.1) is 6.54 Å². The molecule has 1 amide bonds. The lowest BCUT2D eigenvalue weighted by molar-refractivity contribution is -0.117. The zero-order valence-corrected chi connectivity index (χ0v) is 18.8. The largest absolute Gasteiger partial charge is 0.508 e. The monoisotopic (exact) mass is 439 g/mol. The molecule has 3 rings (SSSR count). The van der Waals surface area contributed by atoms with Crippen molar-refractivity contribution in [2.45, 2.75) is 39.8 Å². The molecule has 0 unspecified atom stereocenters. The molecule has 0 aliphatic rings. The van der Waals surface area contributed by atoms with E-state index in [1.807, 2.05) is 0 Å². The predicted molar refractivity (Wildman–Crippen MR) is 121 cm³/mol. The van der Waals surface area contributed by atoms with Gasteiger partial charge in [-0.05, 0) is 79.7 Å². The number of ketones is 1. The van der Waals surface area contributed by atoms with Crippen LogP contribution in [0.15, 0.2) is 47.8 Å². The summed E-state index contributed by atoms with van der Waals surface area (Å²) in [6.07, 6.45) is 0. The third-order valence-electron chi connectivity index (χ3n) is 4.40. The molecule has 6 nitrogen and oxygen atoms in total. The van der Waals surface area contributed by atoms with Gasteiger partial charge in [0, 0.05) is 12.1 Å². The van der Waals surface area contributed by atoms with Crippen molar-refractivity contribution >= 4 is 39.8 Å². The van der Waals surface area contributed by atoms with Gasteiger partial charge in [-0.25, -0.2) is 4.79 Å². The minimum absolute atomic E-state index is 0.0376. The standard InChI is InChI=1S/C24H25NO5S/c1-15(26)12-25(13-16-9-21(31-14-16)23(29)30-24(2,3)4)22(28)19-6-5-18-11-20(27)8-7-17(18)10-19/h5-11,14,27H,12-13H2,1-4H3. The van der Waals surface area contributed by atoms with Gasteiger partial charge >= 0.3 is 5.97 Å². The highest BCUT2D eigenvalue weighted by atomic mass is 32.1. The molecule has 1 heterocycles. The van der Waals surface area contributed by atoms with E-state index in [9.17, 15) is 19.5 Å². The van der Waals surface area contributed by atoms with E-state index in [-0.39, 0.29) is 30.5 Å². The molecule has 0 fully saturated rings. The zero-order chi connectivity index (χ0) is 22.8. The van der Waals surface area contributed by atoms with Gasteiger partial charge in [-0.15, -0.1) is 11.3 Å². The summed E-state index contributed by atoms with van der Waals surface area (Å²) in [4.78, 5) is 39.2. The van der Waals surface area contributed by atoms with Crippen molar-refractivity contribution in [2.24, 2.45) is 0 Å². The van der Waals surface area contributed by atoms with Crippen LogP contribution in [-0.4, -0.2) is 39.8 Å². The average Bonchev–Trinajstić information content (AvgIpc) is 3.13. The van der Waals surface area contributed by atoms with Crippen LogP contribution in [0.3, 0.4) is 0 Å². The van der Waals surface area contributed by atoms with Crippen LogP contribution in [0, 0.1) is 0 Å². The number of phenolic OH excluding ortho intramolecular Hbond substituents is 1. The summed E-state index contributed by atoms with van der Waals surface area (Å²) in [5, 5.41) is 13.0. The SMILES string of the molecule is CC(=O)CN(Cc1csc(C(=O)OC(C)(C)C)c1)C(=O)c1ccc2cc(O)ccc2c1. The second-order valence-electron chi connectivity index (χ2n) is 8.43. The summed E-state index contributed by atoms with van der Waals surface area (Å²) in [6, 6.07) is 11.8. The van der Waals surface area contributed by atoms with E-state index in [4.69, 9.17) is 4.74 Å². The summed E-state index contributed by atoms with van der Waals surface area (Å²) >= 11 is 1.25. The van der Waals surface area contributed by atoms with Crippen LogP contribution >= 0.6 is 11.3 Å². The van der Waals surface area contributed by atoms with Gasteiger partial charge < -0.3 is 14.7 Å². The third-order valence-corrected chi connectivity index (χ3v) is 5.36. The number of benzene rings is 2. The first-order valence-electron chi connectivity index (χ1n) is 9.84. The molecule has 3 aromatic rings. The molecule has 1 N–H and O–H groups in total. The lowest BCUT2D eigenvalue weighted by Gasteiger charge is -2.21. The first-order chi connectivity index (χ1) is 14.5. The number of thiophene rings is 1. The number of nitrogens with zero attached hydrogens (tertiary/aromatic N) is 1. The van der Waals surface area contributed by atoms with E-state index in [0.29, 0.717) is 10.4 Å². The van der Waals surface area contributed by atoms with Crippen molar-refractivity contribution in [3.63, 3.8) is 0 Å². The molecule has 162 valence electrons. The van der Waals surface area contributed by atoms with Crippen molar-refractivity contribution in [1.82, 2.24) is 4.90 Å². The van der Waals surface area contributed by atoms with Crippen LogP contribution in [0.4, 0.5) is 0 Å². The Morgan fingerprint density at radius 1 is 1.03 bits per heavy atom. The van der Waals surface area contributed by atoms with Crippen molar-refractivity contribution in [3.05, 3.63) is 63.8 Å². The molecular formula is C24H25NO5S. The molecule has 7 heteroatoms. The Bertz CT molecular complexity index is 1140. The summed E-state index contributed by atoms with van der Waals surface area (Å²) in [6.45, 7) is 7.01. The fraction of sp³-hybridized carbons (Fsp3) is 0.292. The molecule has 0 saturated heterocycles. The number of hydrogen-bond acceptors (Lipinski definition) is 6. The Hall–Kier alpha value is -3.19. The molecular weight excluding hydrogens is 414 g/mol. The molecule has 0 aliphatic heterocycles. The molecule has 0 bridgehead atoms. The molecule has 0 radical (unpaired) electrons. The fourth-order valence-corrected chi connectivity index (χ4v) is 3.91. The first-order valence-corrected chi connectivity index (χ1v) is 10.7. The number of esters is 1. The van der Waals surface area contributed by atoms with Crippen LogP contribution in [-0.2, 0) is 16.1 Å². The highest BCUT2D eigenvalue weighted by Crippen LogP contribution is 2.24. The lowest BCUT2D eigenvalue weighted by Crippen LogP contribution is -2.34.